The van der Waals surface area contributed by atoms with E-state index in [1.54, 1.807) is 7.11 Å². The third-order valence-corrected chi connectivity index (χ3v) is 6.08. The molecule has 2 aromatic heterocycles. The lowest BCUT2D eigenvalue weighted by atomic mass is 10.0. The minimum absolute atomic E-state index is 0.0116. The fourth-order valence-corrected chi connectivity index (χ4v) is 4.37. The quantitative estimate of drug-likeness (QED) is 0.618. The standard InChI is InChI=1S/C20H24N4O3S/c1-3-13-10-22-14(8-16(13)19-11-21-6-7-27-19)12-28(25)20-23-17-5-4-15(26-2)9-18(17)24-20/h4-5,8-10,19,21H,3,6-7,11-12H2,1-2H3,(H,23,24). The Kier molecular flexibility index (Phi) is 5.82. The van der Waals surface area contributed by atoms with Crippen LogP contribution in [0.15, 0.2) is 35.6 Å². The van der Waals surface area contributed by atoms with Crippen molar-refractivity contribution in [1.82, 2.24) is 20.3 Å². The molecule has 0 spiro atoms. The third kappa shape index (κ3) is 4.00. The molecule has 28 heavy (non-hydrogen) atoms. The van der Waals surface area contributed by atoms with Crippen LogP contribution in [0.3, 0.4) is 0 Å². The van der Waals surface area contributed by atoms with Crippen LogP contribution >= 0.6 is 0 Å². The number of nitrogens with one attached hydrogen (secondary N) is 2. The van der Waals surface area contributed by atoms with Crippen LogP contribution in [0.1, 0.15) is 29.8 Å². The second-order valence-electron chi connectivity index (χ2n) is 6.71. The summed E-state index contributed by atoms with van der Waals surface area (Å²) in [5, 5.41) is 3.81. The number of aromatic nitrogens is 3. The van der Waals surface area contributed by atoms with Crippen molar-refractivity contribution in [2.75, 3.05) is 26.8 Å². The van der Waals surface area contributed by atoms with E-state index in [4.69, 9.17) is 9.47 Å². The van der Waals surface area contributed by atoms with Gasteiger partial charge in [0.2, 0.25) is 0 Å². The van der Waals surface area contributed by atoms with Crippen LogP contribution < -0.4 is 10.1 Å². The van der Waals surface area contributed by atoms with E-state index in [2.05, 4.69) is 27.2 Å². The first-order valence-electron chi connectivity index (χ1n) is 9.40. The Morgan fingerprint density at radius 3 is 3.00 bits per heavy atom. The molecule has 0 amide bonds. The lowest BCUT2D eigenvalue weighted by Gasteiger charge is -2.26. The smallest absolute Gasteiger partial charge is 0.322 e. The van der Waals surface area contributed by atoms with E-state index < -0.39 is 11.2 Å². The number of benzene rings is 1. The molecule has 0 bridgehead atoms. The molecule has 1 fully saturated rings. The summed E-state index contributed by atoms with van der Waals surface area (Å²) in [7, 11) is 1.62. The number of aromatic amines is 1. The van der Waals surface area contributed by atoms with Crippen LogP contribution in [-0.4, -0.2) is 46.3 Å². The van der Waals surface area contributed by atoms with Crippen molar-refractivity contribution in [2.45, 2.75) is 30.4 Å². The van der Waals surface area contributed by atoms with E-state index in [0.29, 0.717) is 17.5 Å². The van der Waals surface area contributed by atoms with Gasteiger partial charge < -0.3 is 19.3 Å². The zero-order valence-corrected chi connectivity index (χ0v) is 16.8. The molecular weight excluding hydrogens is 376 g/mol. The molecule has 2 unspecified atom stereocenters. The van der Waals surface area contributed by atoms with Crippen LogP contribution in [0.25, 0.3) is 11.0 Å². The minimum atomic E-state index is -1.32. The van der Waals surface area contributed by atoms with Gasteiger partial charge in [-0.2, -0.15) is 4.98 Å². The second-order valence-corrected chi connectivity index (χ2v) is 8.07. The van der Waals surface area contributed by atoms with E-state index in [-0.39, 0.29) is 6.10 Å². The van der Waals surface area contributed by atoms with Crippen molar-refractivity contribution in [1.29, 1.82) is 0 Å². The molecule has 1 aromatic carbocycles. The monoisotopic (exact) mass is 400 g/mol. The van der Waals surface area contributed by atoms with Crippen LogP contribution in [-0.2, 0) is 28.1 Å². The van der Waals surface area contributed by atoms with Gasteiger partial charge in [-0.25, -0.2) is 0 Å². The Bertz CT molecular complexity index is 956. The zero-order chi connectivity index (χ0) is 19.5. The topological polar surface area (TPSA) is 95.1 Å². The highest BCUT2D eigenvalue weighted by Crippen LogP contribution is 2.26. The van der Waals surface area contributed by atoms with Crippen molar-refractivity contribution in [3.8, 4) is 5.75 Å². The largest absolute Gasteiger partial charge is 0.609 e. The first-order chi connectivity index (χ1) is 13.7. The summed E-state index contributed by atoms with van der Waals surface area (Å²) in [6.07, 6.45) is 2.78. The Morgan fingerprint density at radius 1 is 1.36 bits per heavy atom. The Balaban J connectivity index is 1.56. The number of hydrogen-bond acceptors (Lipinski definition) is 6. The lowest BCUT2D eigenvalue weighted by molar-refractivity contribution is 0.0271. The van der Waals surface area contributed by atoms with Crippen molar-refractivity contribution in [3.63, 3.8) is 0 Å². The number of nitrogens with zero attached hydrogens (tertiary/aromatic N) is 2. The summed E-state index contributed by atoms with van der Waals surface area (Å²) in [5.74, 6) is 1.03. The average Bonchev–Trinajstić information content (AvgIpc) is 3.17. The van der Waals surface area contributed by atoms with Crippen LogP contribution in [0.2, 0.25) is 0 Å². The van der Waals surface area contributed by atoms with Crippen LogP contribution in [0.5, 0.6) is 5.75 Å². The lowest BCUT2D eigenvalue weighted by Crippen LogP contribution is -2.34. The third-order valence-electron chi connectivity index (χ3n) is 4.90. The summed E-state index contributed by atoms with van der Waals surface area (Å²) in [6.45, 7) is 4.46. The number of methoxy groups -OCH3 is 1. The maximum atomic E-state index is 12.9. The first-order valence-corrected chi connectivity index (χ1v) is 10.7. The molecule has 0 saturated carbocycles. The summed E-state index contributed by atoms with van der Waals surface area (Å²) >= 11 is -1.32. The van der Waals surface area contributed by atoms with E-state index in [1.165, 1.54) is 5.56 Å². The maximum Gasteiger partial charge on any atom is 0.322 e. The number of aryl methyl sites for hydroxylation is 1. The van der Waals surface area contributed by atoms with E-state index in [9.17, 15) is 4.55 Å². The Labute approximate surface area is 167 Å². The summed E-state index contributed by atoms with van der Waals surface area (Å²) < 4.78 is 24.0. The van der Waals surface area contributed by atoms with Gasteiger partial charge in [0.05, 0.1) is 36.5 Å². The SMILES string of the molecule is CCc1cnc(C[S+]([O-])c2nc3ccc(OC)cc3[nH]2)cc1C1CNCCO1. The number of imidazole rings is 1. The molecule has 3 heterocycles. The van der Waals surface area contributed by atoms with Gasteiger partial charge in [-0.05, 0) is 35.7 Å². The molecule has 1 saturated heterocycles. The molecular formula is C20H24N4O3S. The number of fused-ring (bicyclic) bond motifs is 1. The van der Waals surface area contributed by atoms with Crippen molar-refractivity contribution in [3.05, 3.63) is 47.3 Å². The Hall–Kier alpha value is -2.13. The summed E-state index contributed by atoms with van der Waals surface area (Å²) in [4.78, 5) is 12.1. The highest BCUT2D eigenvalue weighted by molar-refractivity contribution is 7.90. The first kappa shape index (κ1) is 19.2. The number of rotatable bonds is 6. The number of morpholine rings is 1. The average molecular weight is 401 g/mol. The molecule has 3 aromatic rings. The normalized spacial score (nSPS) is 18.3. The van der Waals surface area contributed by atoms with Gasteiger partial charge in [0, 0.05) is 36.5 Å². The van der Waals surface area contributed by atoms with Gasteiger partial charge >= 0.3 is 5.16 Å². The minimum Gasteiger partial charge on any atom is -0.609 e. The van der Waals surface area contributed by atoms with E-state index in [0.717, 1.165) is 47.6 Å². The number of hydrogen-bond donors (Lipinski definition) is 2. The molecule has 4 rings (SSSR count). The van der Waals surface area contributed by atoms with Gasteiger partial charge in [0.1, 0.15) is 5.75 Å². The van der Waals surface area contributed by atoms with Gasteiger partial charge in [0.25, 0.3) is 0 Å². The van der Waals surface area contributed by atoms with Crippen LogP contribution in [0, 0.1) is 0 Å². The highest BCUT2D eigenvalue weighted by Gasteiger charge is 2.22. The molecule has 8 heteroatoms. The maximum absolute atomic E-state index is 12.9. The second kappa shape index (κ2) is 8.48. The number of H-pyrrole nitrogens is 1. The highest BCUT2D eigenvalue weighted by atomic mass is 32.2. The van der Waals surface area contributed by atoms with Crippen LogP contribution in [0.4, 0.5) is 0 Å². The van der Waals surface area contributed by atoms with Crippen molar-refractivity contribution in [2.24, 2.45) is 0 Å². The van der Waals surface area contributed by atoms with Gasteiger partial charge in [-0.3, -0.25) is 9.97 Å². The van der Waals surface area contributed by atoms with E-state index in [1.807, 2.05) is 30.5 Å². The summed E-state index contributed by atoms with van der Waals surface area (Å²) in [6, 6.07) is 7.57. The predicted octanol–water partition coefficient (Wildman–Crippen LogP) is 2.50. The van der Waals surface area contributed by atoms with Gasteiger partial charge in [-0.15, -0.1) is 0 Å². The molecule has 0 radical (unpaired) electrons. The molecule has 1 aliphatic heterocycles. The summed E-state index contributed by atoms with van der Waals surface area (Å²) in [5.41, 5.74) is 4.64. The Morgan fingerprint density at radius 2 is 2.25 bits per heavy atom. The fraction of sp³-hybridized carbons (Fsp3) is 0.400. The van der Waals surface area contributed by atoms with E-state index >= 15 is 0 Å². The van der Waals surface area contributed by atoms with Crippen molar-refractivity contribution < 1.29 is 14.0 Å². The molecule has 0 aliphatic carbocycles. The molecule has 148 valence electrons. The van der Waals surface area contributed by atoms with Gasteiger partial charge in [-0.1, -0.05) is 6.92 Å². The van der Waals surface area contributed by atoms with Crippen molar-refractivity contribution >= 4 is 22.2 Å². The molecule has 1 aliphatic rings. The zero-order valence-electron chi connectivity index (χ0n) is 16.0. The van der Waals surface area contributed by atoms with Gasteiger partial charge in [0.15, 0.2) is 5.75 Å². The molecule has 2 N–H and O–H groups in total. The fourth-order valence-electron chi connectivity index (χ4n) is 3.39. The number of ether oxygens (including phenoxy) is 2. The number of pyridine rings is 1. The molecule has 2 atom stereocenters. The predicted molar refractivity (Wildman–Crippen MR) is 108 cm³/mol. The molecule has 7 nitrogen and oxygen atoms in total.